The zero-order valence-corrected chi connectivity index (χ0v) is 15.1. The van der Waals surface area contributed by atoms with Gasteiger partial charge in [-0.25, -0.2) is 4.79 Å². The van der Waals surface area contributed by atoms with E-state index in [4.69, 9.17) is 34.8 Å². The number of amides is 2. The van der Waals surface area contributed by atoms with E-state index in [1.54, 1.807) is 23.1 Å². The van der Waals surface area contributed by atoms with Crippen LogP contribution in [0.25, 0.3) is 0 Å². The van der Waals surface area contributed by atoms with E-state index in [1.807, 2.05) is 24.3 Å². The number of rotatable bonds is 2. The Morgan fingerprint density at radius 2 is 1.54 bits per heavy atom. The van der Waals surface area contributed by atoms with Gasteiger partial charge in [0.2, 0.25) is 0 Å². The first-order valence-corrected chi connectivity index (χ1v) is 8.68. The quantitative estimate of drug-likeness (QED) is 0.791. The van der Waals surface area contributed by atoms with Crippen molar-refractivity contribution >= 4 is 52.2 Å². The van der Waals surface area contributed by atoms with Crippen molar-refractivity contribution in [2.45, 2.75) is 0 Å². The minimum absolute atomic E-state index is 0.198. The molecule has 1 heterocycles. The predicted molar refractivity (Wildman–Crippen MR) is 101 cm³/mol. The molecule has 0 aliphatic carbocycles. The number of benzene rings is 2. The maximum absolute atomic E-state index is 12.4. The van der Waals surface area contributed by atoms with Crippen molar-refractivity contribution < 1.29 is 4.79 Å². The van der Waals surface area contributed by atoms with Crippen LogP contribution < -0.4 is 10.2 Å². The summed E-state index contributed by atoms with van der Waals surface area (Å²) in [5.74, 6) is 0. The lowest BCUT2D eigenvalue weighted by atomic mass is 10.2. The van der Waals surface area contributed by atoms with Crippen molar-refractivity contribution in [2.75, 3.05) is 36.4 Å². The standard InChI is InChI=1S/C17H16Cl3N3O/c18-12-3-1-4-13(11-12)22-7-9-23(10-8-22)17(24)21-16-14(19)5-2-6-15(16)20/h1-6,11H,7-10H2,(H,21,24). The van der Waals surface area contributed by atoms with Gasteiger partial charge in [-0.05, 0) is 30.3 Å². The fraction of sp³-hybridized carbons (Fsp3) is 0.235. The number of nitrogens with zero attached hydrogens (tertiary/aromatic N) is 2. The van der Waals surface area contributed by atoms with Gasteiger partial charge in [0.1, 0.15) is 0 Å². The average molecular weight is 385 g/mol. The molecule has 0 aromatic heterocycles. The largest absolute Gasteiger partial charge is 0.368 e. The highest BCUT2D eigenvalue weighted by Gasteiger charge is 2.22. The van der Waals surface area contributed by atoms with E-state index in [1.165, 1.54) is 0 Å². The summed E-state index contributed by atoms with van der Waals surface area (Å²) in [7, 11) is 0. The maximum Gasteiger partial charge on any atom is 0.322 e. The van der Waals surface area contributed by atoms with Crippen LogP contribution in [-0.4, -0.2) is 37.1 Å². The zero-order valence-electron chi connectivity index (χ0n) is 12.8. The van der Waals surface area contributed by atoms with Gasteiger partial charge in [-0.2, -0.15) is 0 Å². The molecule has 1 fully saturated rings. The fourth-order valence-corrected chi connectivity index (χ4v) is 3.32. The summed E-state index contributed by atoms with van der Waals surface area (Å²) in [5, 5.41) is 4.35. The van der Waals surface area contributed by atoms with Gasteiger partial charge < -0.3 is 15.1 Å². The molecule has 7 heteroatoms. The van der Waals surface area contributed by atoms with Crippen molar-refractivity contribution in [3.8, 4) is 0 Å². The van der Waals surface area contributed by atoms with Crippen LogP contribution in [0.15, 0.2) is 42.5 Å². The van der Waals surface area contributed by atoms with E-state index in [0.29, 0.717) is 33.8 Å². The molecule has 0 saturated carbocycles. The second kappa shape index (κ2) is 7.51. The number of carbonyl (C=O) groups is 1. The van der Waals surface area contributed by atoms with Gasteiger partial charge in [0, 0.05) is 36.9 Å². The van der Waals surface area contributed by atoms with Crippen molar-refractivity contribution in [3.05, 3.63) is 57.5 Å². The molecule has 0 atom stereocenters. The van der Waals surface area contributed by atoms with Gasteiger partial charge >= 0.3 is 6.03 Å². The molecule has 1 aliphatic heterocycles. The number of halogens is 3. The molecule has 2 amide bonds. The SMILES string of the molecule is O=C(Nc1c(Cl)cccc1Cl)N1CCN(c2cccc(Cl)c2)CC1. The number of nitrogens with one attached hydrogen (secondary N) is 1. The molecular formula is C17H16Cl3N3O. The minimum Gasteiger partial charge on any atom is -0.368 e. The Morgan fingerprint density at radius 3 is 2.17 bits per heavy atom. The number of anilines is 2. The van der Waals surface area contributed by atoms with Crippen LogP contribution in [0.1, 0.15) is 0 Å². The topological polar surface area (TPSA) is 35.6 Å². The number of hydrogen-bond acceptors (Lipinski definition) is 2. The molecule has 2 aromatic carbocycles. The van der Waals surface area contributed by atoms with Crippen LogP contribution in [-0.2, 0) is 0 Å². The summed E-state index contributed by atoms with van der Waals surface area (Å²) >= 11 is 18.2. The third-order valence-electron chi connectivity index (χ3n) is 3.93. The Labute approximate surface area is 155 Å². The van der Waals surface area contributed by atoms with Crippen molar-refractivity contribution in [2.24, 2.45) is 0 Å². The average Bonchev–Trinajstić information content (AvgIpc) is 2.58. The van der Waals surface area contributed by atoms with Gasteiger partial charge in [0.05, 0.1) is 15.7 Å². The van der Waals surface area contributed by atoms with Crippen molar-refractivity contribution in [3.63, 3.8) is 0 Å². The molecule has 1 aliphatic rings. The molecule has 0 bridgehead atoms. The van der Waals surface area contributed by atoms with Gasteiger partial charge in [0.25, 0.3) is 0 Å². The third-order valence-corrected chi connectivity index (χ3v) is 4.80. The second-order valence-electron chi connectivity index (χ2n) is 5.48. The van der Waals surface area contributed by atoms with E-state index in [0.717, 1.165) is 18.8 Å². The number of urea groups is 1. The van der Waals surface area contributed by atoms with E-state index >= 15 is 0 Å². The molecule has 0 radical (unpaired) electrons. The molecule has 3 rings (SSSR count). The van der Waals surface area contributed by atoms with E-state index < -0.39 is 0 Å². The second-order valence-corrected chi connectivity index (χ2v) is 6.73. The summed E-state index contributed by atoms with van der Waals surface area (Å²) in [4.78, 5) is 16.4. The molecule has 0 unspecified atom stereocenters. The van der Waals surface area contributed by atoms with Crippen molar-refractivity contribution in [1.29, 1.82) is 0 Å². The van der Waals surface area contributed by atoms with Crippen LogP contribution in [0.5, 0.6) is 0 Å². The van der Waals surface area contributed by atoms with Gasteiger partial charge in [-0.3, -0.25) is 0 Å². The van der Waals surface area contributed by atoms with E-state index in [9.17, 15) is 4.79 Å². The lowest BCUT2D eigenvalue weighted by Gasteiger charge is -2.36. The molecule has 2 aromatic rings. The maximum atomic E-state index is 12.4. The Hall–Kier alpha value is -1.62. The first-order chi connectivity index (χ1) is 11.5. The monoisotopic (exact) mass is 383 g/mol. The lowest BCUT2D eigenvalue weighted by Crippen LogP contribution is -2.50. The van der Waals surface area contributed by atoms with Gasteiger partial charge in [-0.1, -0.05) is 46.9 Å². The molecule has 4 nitrogen and oxygen atoms in total. The molecule has 1 saturated heterocycles. The fourth-order valence-electron chi connectivity index (χ4n) is 2.64. The Kier molecular flexibility index (Phi) is 5.39. The summed E-state index contributed by atoms with van der Waals surface area (Å²) < 4.78 is 0. The van der Waals surface area contributed by atoms with Crippen LogP contribution in [0.3, 0.4) is 0 Å². The smallest absolute Gasteiger partial charge is 0.322 e. The summed E-state index contributed by atoms with van der Waals surface area (Å²) in [6, 6.07) is 12.7. The highest BCUT2D eigenvalue weighted by atomic mass is 35.5. The predicted octanol–water partition coefficient (Wildman–Crippen LogP) is 5.00. The molecular weight excluding hydrogens is 369 g/mol. The number of para-hydroxylation sites is 1. The molecule has 24 heavy (non-hydrogen) atoms. The molecule has 126 valence electrons. The highest BCUT2D eigenvalue weighted by molar-refractivity contribution is 6.39. The Balaban J connectivity index is 1.61. The zero-order chi connectivity index (χ0) is 17.1. The Bertz CT molecular complexity index is 725. The first kappa shape index (κ1) is 17.2. The third kappa shape index (κ3) is 3.89. The van der Waals surface area contributed by atoms with Crippen LogP contribution >= 0.6 is 34.8 Å². The normalized spacial score (nSPS) is 14.6. The summed E-state index contributed by atoms with van der Waals surface area (Å²) in [6.07, 6.45) is 0. The molecule has 1 N–H and O–H groups in total. The van der Waals surface area contributed by atoms with Gasteiger partial charge in [0.15, 0.2) is 0 Å². The number of piperazine rings is 1. The summed E-state index contributed by atoms with van der Waals surface area (Å²) in [6.45, 7) is 2.70. The molecule has 0 spiro atoms. The highest BCUT2D eigenvalue weighted by Crippen LogP contribution is 2.30. The van der Waals surface area contributed by atoms with E-state index in [-0.39, 0.29) is 6.03 Å². The first-order valence-electron chi connectivity index (χ1n) is 7.55. The minimum atomic E-state index is -0.198. The number of hydrogen-bond donors (Lipinski definition) is 1. The van der Waals surface area contributed by atoms with Crippen LogP contribution in [0.4, 0.5) is 16.2 Å². The van der Waals surface area contributed by atoms with Crippen molar-refractivity contribution in [1.82, 2.24) is 4.90 Å². The van der Waals surface area contributed by atoms with E-state index in [2.05, 4.69) is 10.2 Å². The van der Waals surface area contributed by atoms with Crippen LogP contribution in [0, 0.1) is 0 Å². The van der Waals surface area contributed by atoms with Crippen LogP contribution in [0.2, 0.25) is 15.1 Å². The summed E-state index contributed by atoms with van der Waals surface area (Å²) in [5.41, 5.74) is 1.51. The Morgan fingerprint density at radius 1 is 0.917 bits per heavy atom. The number of carbonyl (C=O) groups excluding carboxylic acids is 1. The van der Waals surface area contributed by atoms with Gasteiger partial charge in [-0.15, -0.1) is 0 Å². The lowest BCUT2D eigenvalue weighted by molar-refractivity contribution is 0.208.